The summed E-state index contributed by atoms with van der Waals surface area (Å²) in [4.78, 5) is 10.6. The summed E-state index contributed by atoms with van der Waals surface area (Å²) in [6.07, 6.45) is 2.34. The minimum absolute atomic E-state index is 0.0966. The van der Waals surface area contributed by atoms with E-state index in [0.717, 1.165) is 18.9 Å². The van der Waals surface area contributed by atoms with Crippen LogP contribution in [0.1, 0.15) is 47.5 Å². The molecule has 0 aliphatic carbocycles. The fourth-order valence-corrected chi connectivity index (χ4v) is 0.563. The molecule has 0 heterocycles. The first-order chi connectivity index (χ1) is 6.93. The lowest BCUT2D eigenvalue weighted by atomic mass is 10.1. The number of carbonyl (C=O) groups is 1. The summed E-state index contributed by atoms with van der Waals surface area (Å²) in [5.41, 5.74) is 0. The number of hydrogen-bond donors (Lipinski definition) is 2. The Morgan fingerprint density at radius 2 is 1.60 bits per heavy atom. The van der Waals surface area contributed by atoms with Gasteiger partial charge in [0.1, 0.15) is 0 Å². The second-order valence-corrected chi connectivity index (χ2v) is 4.49. The molecule has 0 spiro atoms. The second-order valence-electron chi connectivity index (χ2n) is 4.49. The number of urea groups is 1. The summed E-state index contributed by atoms with van der Waals surface area (Å²) in [6.45, 7) is 11.7. The van der Waals surface area contributed by atoms with Gasteiger partial charge in [-0.05, 0) is 18.3 Å². The van der Waals surface area contributed by atoms with Gasteiger partial charge in [-0.2, -0.15) is 0 Å². The van der Waals surface area contributed by atoms with E-state index in [-0.39, 0.29) is 6.03 Å². The van der Waals surface area contributed by atoms with Gasteiger partial charge >= 0.3 is 6.03 Å². The summed E-state index contributed by atoms with van der Waals surface area (Å²) in [7, 11) is 1.62. The SMILES string of the molecule is CCC(C)C.CNC(=O)NCCC(C)C. The molecule has 0 saturated heterocycles. The number of nitrogens with one attached hydrogen (secondary N) is 2. The van der Waals surface area contributed by atoms with Gasteiger partial charge in [0, 0.05) is 13.6 Å². The van der Waals surface area contributed by atoms with Crippen molar-refractivity contribution in [3.8, 4) is 0 Å². The molecule has 0 radical (unpaired) electrons. The zero-order valence-corrected chi connectivity index (χ0v) is 11.2. The van der Waals surface area contributed by atoms with Crippen LogP contribution in [-0.4, -0.2) is 19.6 Å². The fourth-order valence-electron chi connectivity index (χ4n) is 0.563. The standard InChI is InChI=1S/C7H16N2O.C5H12/c1-6(2)4-5-9-7(10)8-3;1-4-5(2)3/h6H,4-5H2,1-3H3,(H2,8,9,10);5H,4H2,1-3H3. The highest BCUT2D eigenvalue weighted by molar-refractivity contribution is 5.73. The van der Waals surface area contributed by atoms with Crippen molar-refractivity contribution in [2.24, 2.45) is 11.8 Å². The van der Waals surface area contributed by atoms with Crippen LogP contribution in [0.3, 0.4) is 0 Å². The van der Waals surface area contributed by atoms with Crippen molar-refractivity contribution in [3.05, 3.63) is 0 Å². The normalized spacial score (nSPS) is 9.60. The minimum atomic E-state index is -0.0966. The van der Waals surface area contributed by atoms with Gasteiger partial charge in [0.05, 0.1) is 0 Å². The van der Waals surface area contributed by atoms with E-state index in [2.05, 4.69) is 45.3 Å². The van der Waals surface area contributed by atoms with Crippen LogP contribution in [0.25, 0.3) is 0 Å². The van der Waals surface area contributed by atoms with Crippen LogP contribution in [0.4, 0.5) is 4.79 Å². The average Bonchev–Trinajstić information content (AvgIpc) is 2.17. The maximum Gasteiger partial charge on any atom is 0.314 e. The molecule has 0 saturated carbocycles. The summed E-state index contributed by atoms with van der Waals surface area (Å²) in [5, 5.41) is 5.20. The minimum Gasteiger partial charge on any atom is -0.341 e. The summed E-state index contributed by atoms with van der Waals surface area (Å²) in [5.74, 6) is 1.53. The van der Waals surface area contributed by atoms with Crippen LogP contribution in [0, 0.1) is 11.8 Å². The highest BCUT2D eigenvalue weighted by Gasteiger charge is 1.95. The molecule has 0 rings (SSSR count). The third-order valence-electron chi connectivity index (χ3n) is 2.05. The monoisotopic (exact) mass is 216 g/mol. The molecule has 0 aromatic heterocycles. The van der Waals surface area contributed by atoms with Crippen LogP contribution >= 0.6 is 0 Å². The molecular weight excluding hydrogens is 188 g/mol. The van der Waals surface area contributed by atoms with E-state index in [4.69, 9.17) is 0 Å². The molecule has 3 nitrogen and oxygen atoms in total. The second kappa shape index (κ2) is 11.3. The largest absolute Gasteiger partial charge is 0.341 e. The quantitative estimate of drug-likeness (QED) is 0.745. The molecule has 2 N–H and O–H groups in total. The average molecular weight is 216 g/mol. The van der Waals surface area contributed by atoms with Gasteiger partial charge in [0.15, 0.2) is 0 Å². The molecule has 0 bridgehead atoms. The van der Waals surface area contributed by atoms with Gasteiger partial charge in [-0.15, -0.1) is 0 Å². The Morgan fingerprint density at radius 1 is 1.13 bits per heavy atom. The molecule has 3 heteroatoms. The first-order valence-corrected chi connectivity index (χ1v) is 5.89. The van der Waals surface area contributed by atoms with Gasteiger partial charge in [0.25, 0.3) is 0 Å². The molecule has 0 aromatic carbocycles. The molecule has 0 aromatic rings. The lowest BCUT2D eigenvalue weighted by Crippen LogP contribution is -2.33. The van der Waals surface area contributed by atoms with E-state index in [1.807, 2.05) is 0 Å². The topological polar surface area (TPSA) is 41.1 Å². The summed E-state index contributed by atoms with van der Waals surface area (Å²) >= 11 is 0. The molecule has 0 aliphatic rings. The van der Waals surface area contributed by atoms with E-state index in [0.29, 0.717) is 5.92 Å². The molecule has 0 atom stereocenters. The van der Waals surface area contributed by atoms with Crippen LogP contribution in [0.15, 0.2) is 0 Å². The van der Waals surface area contributed by atoms with Crippen molar-refractivity contribution in [2.75, 3.05) is 13.6 Å². The molecule has 15 heavy (non-hydrogen) atoms. The molecular formula is C12H28N2O. The van der Waals surface area contributed by atoms with Crippen molar-refractivity contribution < 1.29 is 4.79 Å². The van der Waals surface area contributed by atoms with Gasteiger partial charge in [0.2, 0.25) is 0 Å². The Bertz CT molecular complexity index is 145. The third kappa shape index (κ3) is 19.6. The fraction of sp³-hybridized carbons (Fsp3) is 0.917. The molecule has 0 fully saturated rings. The molecule has 0 aliphatic heterocycles. The van der Waals surface area contributed by atoms with E-state index in [1.54, 1.807) is 7.05 Å². The smallest absolute Gasteiger partial charge is 0.314 e. The number of carbonyl (C=O) groups excluding carboxylic acids is 1. The highest BCUT2D eigenvalue weighted by atomic mass is 16.2. The Labute approximate surface area is 95.0 Å². The molecule has 2 amide bonds. The van der Waals surface area contributed by atoms with Gasteiger partial charge in [-0.25, -0.2) is 4.79 Å². The van der Waals surface area contributed by atoms with Crippen molar-refractivity contribution in [2.45, 2.75) is 47.5 Å². The van der Waals surface area contributed by atoms with Crippen LogP contribution in [0.5, 0.6) is 0 Å². The number of rotatable bonds is 4. The van der Waals surface area contributed by atoms with E-state index < -0.39 is 0 Å². The molecule has 92 valence electrons. The predicted molar refractivity (Wildman–Crippen MR) is 67.0 cm³/mol. The van der Waals surface area contributed by atoms with E-state index in [9.17, 15) is 4.79 Å². The maximum atomic E-state index is 10.6. The van der Waals surface area contributed by atoms with Gasteiger partial charge < -0.3 is 10.6 Å². The van der Waals surface area contributed by atoms with Crippen molar-refractivity contribution in [3.63, 3.8) is 0 Å². The maximum absolute atomic E-state index is 10.6. The lowest BCUT2D eigenvalue weighted by Gasteiger charge is -2.05. The predicted octanol–water partition coefficient (Wildman–Crippen LogP) is 3.01. The van der Waals surface area contributed by atoms with Gasteiger partial charge in [-0.3, -0.25) is 0 Å². The Morgan fingerprint density at radius 3 is 1.87 bits per heavy atom. The first kappa shape index (κ1) is 16.7. The van der Waals surface area contributed by atoms with Crippen molar-refractivity contribution >= 4 is 6.03 Å². The highest BCUT2D eigenvalue weighted by Crippen LogP contribution is 1.95. The Kier molecular flexibility index (Phi) is 12.6. The van der Waals surface area contributed by atoms with Crippen molar-refractivity contribution in [1.29, 1.82) is 0 Å². The first-order valence-electron chi connectivity index (χ1n) is 5.89. The van der Waals surface area contributed by atoms with Crippen LogP contribution in [-0.2, 0) is 0 Å². The number of hydrogen-bond acceptors (Lipinski definition) is 1. The van der Waals surface area contributed by atoms with Crippen LogP contribution < -0.4 is 10.6 Å². The van der Waals surface area contributed by atoms with Crippen molar-refractivity contribution in [1.82, 2.24) is 10.6 Å². The van der Waals surface area contributed by atoms with E-state index >= 15 is 0 Å². The summed E-state index contributed by atoms with van der Waals surface area (Å²) in [6, 6.07) is -0.0966. The molecule has 0 unspecified atom stereocenters. The zero-order chi connectivity index (χ0) is 12.3. The third-order valence-corrected chi connectivity index (χ3v) is 2.05. The zero-order valence-electron chi connectivity index (χ0n) is 11.2. The van der Waals surface area contributed by atoms with E-state index in [1.165, 1.54) is 6.42 Å². The number of amides is 2. The van der Waals surface area contributed by atoms with Crippen LogP contribution in [0.2, 0.25) is 0 Å². The van der Waals surface area contributed by atoms with Gasteiger partial charge in [-0.1, -0.05) is 41.0 Å². The summed E-state index contributed by atoms with van der Waals surface area (Å²) < 4.78 is 0. The lowest BCUT2D eigenvalue weighted by molar-refractivity contribution is 0.242. The Balaban J connectivity index is 0. The Hall–Kier alpha value is -0.730.